The number of hydrogen-bond acceptors (Lipinski definition) is 5. The van der Waals surface area contributed by atoms with Gasteiger partial charge in [0.25, 0.3) is 0 Å². The van der Waals surface area contributed by atoms with Crippen LogP contribution < -0.4 is 9.50 Å². The lowest BCUT2D eigenvalue weighted by molar-refractivity contribution is -0.458. The van der Waals surface area contributed by atoms with E-state index in [4.69, 9.17) is 0 Å². The fourth-order valence-electron chi connectivity index (χ4n) is 4.46. The number of halogens is 17. The topological polar surface area (TPSA) is 92.8 Å². The quantitative estimate of drug-likeness (QED) is 0.135. The molecule has 306 valence electrons. The molecular weight excluding hydrogens is 811 g/mol. The van der Waals surface area contributed by atoms with Crippen LogP contribution in [0.15, 0.2) is 54.6 Å². The molecule has 0 radical (unpaired) electrons. The van der Waals surface area contributed by atoms with Gasteiger partial charge < -0.3 is 14.4 Å². The van der Waals surface area contributed by atoms with Gasteiger partial charge in [-0.25, -0.2) is 0 Å². The van der Waals surface area contributed by atoms with E-state index in [0.717, 1.165) is 11.0 Å². The van der Waals surface area contributed by atoms with Crippen molar-refractivity contribution >= 4 is 27.6 Å². The van der Waals surface area contributed by atoms with Gasteiger partial charge in [0.15, 0.2) is 5.75 Å². The van der Waals surface area contributed by atoms with Gasteiger partial charge in [-0.1, -0.05) is 63.2 Å². The minimum atomic E-state index is -9.01. The molecule has 2 aromatic rings. The number of nitrogens with zero attached hydrogens (tertiary/aromatic N) is 1. The molecule has 54 heavy (non-hydrogen) atoms. The molecule has 0 aliphatic rings. The maximum absolute atomic E-state index is 14.7. The largest absolute Gasteiger partial charge is 0.460 e. The number of amides is 2. The minimum Gasteiger partial charge on any atom is -0.376 e. The van der Waals surface area contributed by atoms with E-state index in [1.807, 2.05) is 5.32 Å². The summed E-state index contributed by atoms with van der Waals surface area (Å²) >= 11 is 0. The molecule has 7 nitrogen and oxygen atoms in total. The molecule has 0 aliphatic carbocycles. The molecule has 0 saturated heterocycles. The van der Waals surface area contributed by atoms with Gasteiger partial charge in [-0.3, -0.25) is 9.59 Å². The number of carbonyl (C=O) groups is 2. The Morgan fingerprint density at radius 3 is 1.54 bits per heavy atom. The van der Waals surface area contributed by atoms with Gasteiger partial charge in [-0.05, 0) is 23.6 Å². The number of benzene rings is 2. The summed E-state index contributed by atoms with van der Waals surface area (Å²) in [6, 6.07) is 8.64. The average molecular weight is 837 g/mol. The Morgan fingerprint density at radius 2 is 1.09 bits per heavy atom. The van der Waals surface area contributed by atoms with Crippen molar-refractivity contribution in [3.05, 3.63) is 60.2 Å². The van der Waals surface area contributed by atoms with Crippen LogP contribution in [0.3, 0.4) is 0 Å². The van der Waals surface area contributed by atoms with Crippen LogP contribution in [0.25, 0.3) is 0 Å². The fraction of sp³-hybridized carbons (Fsp3) is 0.517. The first-order chi connectivity index (χ1) is 24.1. The second-order valence-electron chi connectivity index (χ2n) is 11.5. The van der Waals surface area contributed by atoms with Gasteiger partial charge >= 0.3 is 57.1 Å². The Balaban J connectivity index is 2.58. The minimum absolute atomic E-state index is 0.206. The third-order valence-electron chi connectivity index (χ3n) is 7.41. The van der Waals surface area contributed by atoms with E-state index in [-0.39, 0.29) is 19.0 Å². The first kappa shape index (κ1) is 46.1. The first-order valence-corrected chi connectivity index (χ1v) is 15.9. The Labute approximate surface area is 293 Å². The molecule has 0 aromatic heterocycles. The van der Waals surface area contributed by atoms with Gasteiger partial charge in [-0.2, -0.15) is 83.1 Å². The van der Waals surface area contributed by atoms with Crippen molar-refractivity contribution in [1.82, 2.24) is 4.90 Å². The highest BCUT2D eigenvalue weighted by Crippen LogP contribution is 2.64. The number of nitrogens with one attached hydrogen (secondary N) is 1. The highest BCUT2D eigenvalue weighted by molar-refractivity contribution is 7.88. The van der Waals surface area contributed by atoms with Crippen molar-refractivity contribution in [1.29, 1.82) is 0 Å². The number of hydrogen-bond donors (Lipinski definition) is 1. The highest BCUT2D eigenvalue weighted by atomic mass is 32.2. The van der Waals surface area contributed by atoms with E-state index in [2.05, 4.69) is 4.18 Å². The van der Waals surface area contributed by atoms with E-state index >= 15 is 0 Å². The lowest BCUT2D eigenvalue weighted by Crippen LogP contribution is -2.75. The Morgan fingerprint density at radius 1 is 0.667 bits per heavy atom. The molecule has 0 saturated carbocycles. The molecule has 1 atom stereocenters. The molecule has 1 N–H and O–H groups in total. The second kappa shape index (κ2) is 14.9. The van der Waals surface area contributed by atoms with Crippen molar-refractivity contribution in [3.63, 3.8) is 0 Å². The van der Waals surface area contributed by atoms with Gasteiger partial charge in [0.1, 0.15) is 6.04 Å². The first-order valence-electron chi connectivity index (χ1n) is 14.5. The van der Waals surface area contributed by atoms with Gasteiger partial charge in [0, 0.05) is 13.0 Å². The predicted octanol–water partition coefficient (Wildman–Crippen LogP) is 8.76. The summed E-state index contributed by atoms with van der Waals surface area (Å²) in [4.78, 5) is 27.3. The van der Waals surface area contributed by atoms with Gasteiger partial charge in [0.2, 0.25) is 11.8 Å². The van der Waals surface area contributed by atoms with E-state index < -0.39 is 92.3 Å². The smallest absolute Gasteiger partial charge is 0.376 e. The average Bonchev–Trinajstić information content (AvgIpc) is 3.03. The van der Waals surface area contributed by atoms with Crippen LogP contribution in [0.2, 0.25) is 0 Å². The summed E-state index contributed by atoms with van der Waals surface area (Å²) in [6.07, 6.45) is -8.17. The maximum Gasteiger partial charge on any atom is 0.460 e. The molecule has 2 rings (SSSR count). The standard InChI is InChI=1S/C29H25F17N2O5S/c1-4-19(49)48(14-16-10-6-5-7-11-16)20(15(2)3)21(50)47-17-12-8-9-13-18(17)53-54(51,52)29(45,46)27(40,41)25(36,37)23(32,33)22(30,31)24(34,35)26(38,39)28(42,43)44/h5-13,15,20H,4,14H2,1-3H3,(H,47,50). The molecule has 0 spiro atoms. The summed E-state index contributed by atoms with van der Waals surface area (Å²) < 4.78 is 261. The molecule has 0 heterocycles. The van der Waals surface area contributed by atoms with Crippen molar-refractivity contribution in [2.45, 2.75) is 86.7 Å². The summed E-state index contributed by atoms with van der Waals surface area (Å²) in [5.41, 5.74) is -0.634. The molecule has 0 fully saturated rings. The van der Waals surface area contributed by atoms with Crippen LogP contribution in [0.1, 0.15) is 32.8 Å². The number of rotatable bonds is 16. The maximum atomic E-state index is 14.7. The van der Waals surface area contributed by atoms with E-state index in [1.165, 1.54) is 20.8 Å². The van der Waals surface area contributed by atoms with Crippen LogP contribution in [0.5, 0.6) is 5.75 Å². The van der Waals surface area contributed by atoms with Gasteiger partial charge in [-0.15, -0.1) is 0 Å². The van der Waals surface area contributed by atoms with Crippen LogP contribution in [-0.2, 0) is 26.3 Å². The van der Waals surface area contributed by atoms with E-state index in [1.54, 1.807) is 30.3 Å². The summed E-state index contributed by atoms with van der Waals surface area (Å²) in [6.45, 7) is 3.93. The Kier molecular flexibility index (Phi) is 12.7. The SMILES string of the molecule is CCC(=O)N(Cc1ccccc1)C(C(=O)Nc1ccccc1OS(=O)(=O)C(F)(F)C(F)(F)C(F)(F)C(F)(F)C(F)(F)C(F)(F)C(F)(F)C(F)(F)F)C(C)C. The Hall–Kier alpha value is -4.06. The third kappa shape index (κ3) is 7.59. The molecule has 25 heteroatoms. The number of para-hydroxylation sites is 2. The molecule has 2 aromatic carbocycles. The van der Waals surface area contributed by atoms with Crippen LogP contribution >= 0.6 is 0 Å². The number of carbonyl (C=O) groups excluding carboxylic acids is 2. The van der Waals surface area contributed by atoms with Crippen molar-refractivity contribution in [2.75, 3.05) is 5.32 Å². The van der Waals surface area contributed by atoms with E-state index in [9.17, 15) is 92.6 Å². The summed E-state index contributed by atoms with van der Waals surface area (Å²) in [5.74, 6) is -57.1. The number of alkyl halides is 17. The normalized spacial score (nSPS) is 14.8. The molecule has 0 aliphatic heterocycles. The van der Waals surface area contributed by atoms with Crippen molar-refractivity contribution in [3.8, 4) is 5.75 Å². The van der Waals surface area contributed by atoms with E-state index in [0.29, 0.717) is 17.7 Å². The van der Waals surface area contributed by atoms with Crippen molar-refractivity contribution < 1.29 is 96.8 Å². The zero-order valence-electron chi connectivity index (χ0n) is 27.1. The lowest BCUT2D eigenvalue weighted by Gasteiger charge is -2.42. The molecule has 2 amide bonds. The molecule has 1 unspecified atom stereocenters. The number of anilines is 1. The summed E-state index contributed by atoms with van der Waals surface area (Å²) in [7, 11) is -7.99. The van der Waals surface area contributed by atoms with Crippen LogP contribution in [0, 0.1) is 5.92 Å². The molecule has 0 bridgehead atoms. The second-order valence-corrected chi connectivity index (χ2v) is 13.1. The lowest BCUT2D eigenvalue weighted by atomic mass is 9.91. The fourth-order valence-corrected chi connectivity index (χ4v) is 5.38. The zero-order chi connectivity index (χ0) is 42.3. The third-order valence-corrected chi connectivity index (χ3v) is 8.69. The van der Waals surface area contributed by atoms with Crippen LogP contribution in [0.4, 0.5) is 80.3 Å². The van der Waals surface area contributed by atoms with Gasteiger partial charge in [0.05, 0.1) is 5.69 Å². The monoisotopic (exact) mass is 836 g/mol. The highest BCUT2D eigenvalue weighted by Gasteiger charge is 2.96. The molecular formula is C29H25F17N2O5S. The summed E-state index contributed by atoms with van der Waals surface area (Å²) in [5, 5.41) is -6.04. The van der Waals surface area contributed by atoms with Crippen LogP contribution in [-0.4, -0.2) is 78.1 Å². The van der Waals surface area contributed by atoms with Crippen molar-refractivity contribution in [2.24, 2.45) is 5.92 Å². The zero-order valence-corrected chi connectivity index (χ0v) is 27.9. The Bertz CT molecular complexity index is 1770. The predicted molar refractivity (Wildman–Crippen MR) is 151 cm³/mol.